The van der Waals surface area contributed by atoms with Crippen molar-refractivity contribution in [3.63, 3.8) is 0 Å². The third-order valence-electron chi connectivity index (χ3n) is 1.22. The van der Waals surface area contributed by atoms with E-state index in [4.69, 9.17) is 0 Å². The van der Waals surface area contributed by atoms with Gasteiger partial charge in [-0.2, -0.15) is 0 Å². The van der Waals surface area contributed by atoms with Crippen LogP contribution in [0.4, 0.5) is 5.82 Å². The van der Waals surface area contributed by atoms with Gasteiger partial charge in [-0.15, -0.1) is 0 Å². The Labute approximate surface area is 60.7 Å². The average Bonchev–Trinajstić information content (AvgIpc) is 1.88. The lowest BCUT2D eigenvalue weighted by Gasteiger charge is -2.11. The number of anilines is 1. The van der Waals surface area contributed by atoms with E-state index in [2.05, 4.69) is 16.2 Å². The van der Waals surface area contributed by atoms with E-state index in [1.54, 1.807) is 6.20 Å². The summed E-state index contributed by atoms with van der Waals surface area (Å²) in [5, 5.41) is 0. The minimum atomic E-state index is 0.902. The summed E-state index contributed by atoms with van der Waals surface area (Å²) in [6.45, 7) is 1.92. The molecule has 0 saturated carbocycles. The van der Waals surface area contributed by atoms with Crippen molar-refractivity contribution in [2.75, 3.05) is 19.0 Å². The maximum Gasteiger partial charge on any atom is 0.149 e. The van der Waals surface area contributed by atoms with E-state index in [-0.39, 0.29) is 0 Å². The summed E-state index contributed by atoms with van der Waals surface area (Å²) >= 11 is 0. The Morgan fingerprint density at radius 3 is 2.60 bits per heavy atom. The van der Waals surface area contributed by atoms with Crippen LogP contribution in [0.15, 0.2) is 6.20 Å². The van der Waals surface area contributed by atoms with Crippen molar-refractivity contribution in [1.82, 2.24) is 9.97 Å². The molecule has 3 heteroatoms. The third kappa shape index (κ3) is 1.23. The first-order valence-electron chi connectivity index (χ1n) is 3.09. The van der Waals surface area contributed by atoms with Crippen LogP contribution in [-0.4, -0.2) is 24.1 Å². The summed E-state index contributed by atoms with van der Waals surface area (Å²) in [5.41, 5.74) is 0.910. The SMILES string of the molecule is Cc1n[c]cnc1N(C)C. The highest BCUT2D eigenvalue weighted by Gasteiger charge is 1.99. The van der Waals surface area contributed by atoms with E-state index in [1.807, 2.05) is 25.9 Å². The van der Waals surface area contributed by atoms with Crippen LogP contribution in [0, 0.1) is 13.1 Å². The van der Waals surface area contributed by atoms with Crippen molar-refractivity contribution >= 4 is 5.82 Å². The molecule has 0 aliphatic rings. The molecule has 3 nitrogen and oxygen atoms in total. The van der Waals surface area contributed by atoms with E-state index in [9.17, 15) is 0 Å². The van der Waals surface area contributed by atoms with Crippen LogP contribution < -0.4 is 4.90 Å². The number of hydrogen-bond donors (Lipinski definition) is 0. The standard InChI is InChI=1S/C7H10N3/c1-6-7(10(2)3)9-5-4-8-6/h5H,1-3H3. The van der Waals surface area contributed by atoms with Crippen molar-refractivity contribution < 1.29 is 0 Å². The van der Waals surface area contributed by atoms with Crippen molar-refractivity contribution in [2.24, 2.45) is 0 Å². The molecule has 0 atom stereocenters. The Morgan fingerprint density at radius 2 is 2.20 bits per heavy atom. The summed E-state index contributed by atoms with van der Waals surface area (Å²) in [6, 6.07) is 0. The van der Waals surface area contributed by atoms with Gasteiger partial charge in [0.05, 0.1) is 11.9 Å². The van der Waals surface area contributed by atoms with Crippen LogP contribution in [-0.2, 0) is 0 Å². The second-order valence-corrected chi connectivity index (χ2v) is 2.30. The van der Waals surface area contributed by atoms with E-state index in [1.165, 1.54) is 0 Å². The number of hydrogen-bond acceptors (Lipinski definition) is 3. The predicted octanol–water partition coefficient (Wildman–Crippen LogP) is 0.651. The molecule has 0 aliphatic carbocycles. The molecule has 0 N–H and O–H groups in total. The van der Waals surface area contributed by atoms with E-state index < -0.39 is 0 Å². The van der Waals surface area contributed by atoms with E-state index in [0.29, 0.717) is 0 Å². The lowest BCUT2D eigenvalue weighted by atomic mass is 10.4. The summed E-state index contributed by atoms with van der Waals surface area (Å²) in [5.74, 6) is 0.902. The summed E-state index contributed by atoms with van der Waals surface area (Å²) in [4.78, 5) is 9.98. The van der Waals surface area contributed by atoms with E-state index in [0.717, 1.165) is 11.5 Å². The fourth-order valence-corrected chi connectivity index (χ4v) is 0.798. The first-order chi connectivity index (χ1) is 4.72. The van der Waals surface area contributed by atoms with Crippen molar-refractivity contribution in [1.29, 1.82) is 0 Å². The summed E-state index contributed by atoms with van der Waals surface area (Å²) in [6.07, 6.45) is 4.24. The Hall–Kier alpha value is -1.12. The fraction of sp³-hybridized carbons (Fsp3) is 0.429. The number of aromatic nitrogens is 2. The third-order valence-corrected chi connectivity index (χ3v) is 1.22. The molecule has 10 heavy (non-hydrogen) atoms. The normalized spacial score (nSPS) is 9.50. The zero-order chi connectivity index (χ0) is 7.56. The van der Waals surface area contributed by atoms with Crippen LogP contribution in [0.25, 0.3) is 0 Å². The molecule has 0 fully saturated rings. The predicted molar refractivity (Wildman–Crippen MR) is 39.9 cm³/mol. The van der Waals surface area contributed by atoms with Gasteiger partial charge in [0.15, 0.2) is 0 Å². The molecule has 0 spiro atoms. The molecule has 0 unspecified atom stereocenters. The fourth-order valence-electron chi connectivity index (χ4n) is 0.798. The molecule has 1 radical (unpaired) electrons. The topological polar surface area (TPSA) is 29.0 Å². The molecule has 0 saturated heterocycles. The van der Waals surface area contributed by atoms with Crippen LogP contribution in [0.1, 0.15) is 5.69 Å². The van der Waals surface area contributed by atoms with Crippen LogP contribution >= 0.6 is 0 Å². The first-order valence-corrected chi connectivity index (χ1v) is 3.09. The second-order valence-electron chi connectivity index (χ2n) is 2.30. The lowest BCUT2D eigenvalue weighted by molar-refractivity contribution is 1.00. The van der Waals surface area contributed by atoms with Crippen LogP contribution in [0.5, 0.6) is 0 Å². The minimum absolute atomic E-state index is 0.902. The largest absolute Gasteiger partial charge is 0.361 e. The lowest BCUT2D eigenvalue weighted by Crippen LogP contribution is -2.12. The smallest absolute Gasteiger partial charge is 0.149 e. The van der Waals surface area contributed by atoms with Gasteiger partial charge < -0.3 is 4.90 Å². The molecule has 1 aromatic heterocycles. The van der Waals surface area contributed by atoms with Gasteiger partial charge in [-0.05, 0) is 6.92 Å². The molecule has 1 aromatic rings. The number of rotatable bonds is 1. The first kappa shape index (κ1) is 6.99. The molecule has 0 aliphatic heterocycles. The second kappa shape index (κ2) is 2.64. The molecular weight excluding hydrogens is 126 g/mol. The van der Waals surface area contributed by atoms with Gasteiger partial charge in [-0.3, -0.25) is 0 Å². The van der Waals surface area contributed by atoms with Crippen molar-refractivity contribution in [3.05, 3.63) is 18.1 Å². The van der Waals surface area contributed by atoms with Crippen LogP contribution in [0.2, 0.25) is 0 Å². The summed E-state index contributed by atoms with van der Waals surface area (Å²) < 4.78 is 0. The monoisotopic (exact) mass is 136 g/mol. The Morgan fingerprint density at radius 1 is 1.50 bits per heavy atom. The zero-order valence-electron chi connectivity index (χ0n) is 6.42. The quantitative estimate of drug-likeness (QED) is 0.567. The highest BCUT2D eigenvalue weighted by atomic mass is 15.1. The Kier molecular flexibility index (Phi) is 1.85. The maximum absolute atomic E-state index is 4.09. The molecule has 0 bridgehead atoms. The van der Waals surface area contributed by atoms with E-state index >= 15 is 0 Å². The molecule has 0 amide bonds. The molecule has 1 rings (SSSR count). The van der Waals surface area contributed by atoms with Gasteiger partial charge in [0.2, 0.25) is 0 Å². The number of aryl methyl sites for hydroxylation is 1. The number of nitrogens with zero attached hydrogens (tertiary/aromatic N) is 3. The molecule has 1 heterocycles. The average molecular weight is 136 g/mol. The molecule has 53 valence electrons. The highest BCUT2D eigenvalue weighted by Crippen LogP contribution is 2.07. The van der Waals surface area contributed by atoms with Crippen LogP contribution in [0.3, 0.4) is 0 Å². The van der Waals surface area contributed by atoms with Gasteiger partial charge in [-0.1, -0.05) is 0 Å². The molecular formula is C7H10N3. The van der Waals surface area contributed by atoms with Gasteiger partial charge in [0.1, 0.15) is 12.0 Å². The Bertz CT molecular complexity index is 220. The van der Waals surface area contributed by atoms with Gasteiger partial charge in [0, 0.05) is 14.1 Å². The zero-order valence-corrected chi connectivity index (χ0v) is 6.42. The highest BCUT2D eigenvalue weighted by molar-refractivity contribution is 5.39. The maximum atomic E-state index is 4.09. The van der Waals surface area contributed by atoms with Gasteiger partial charge in [-0.25, -0.2) is 9.97 Å². The van der Waals surface area contributed by atoms with Gasteiger partial charge in [0.25, 0.3) is 0 Å². The minimum Gasteiger partial charge on any atom is -0.361 e. The van der Waals surface area contributed by atoms with Gasteiger partial charge >= 0.3 is 0 Å². The van der Waals surface area contributed by atoms with Crippen molar-refractivity contribution in [2.45, 2.75) is 6.92 Å². The van der Waals surface area contributed by atoms with Crippen molar-refractivity contribution in [3.8, 4) is 0 Å². The Balaban J connectivity index is 3.03. The summed E-state index contributed by atoms with van der Waals surface area (Å²) in [7, 11) is 3.88. The molecule has 0 aromatic carbocycles.